The van der Waals surface area contributed by atoms with E-state index in [2.05, 4.69) is 15.3 Å². The number of aromatic amines is 1. The van der Waals surface area contributed by atoms with Gasteiger partial charge in [-0.1, -0.05) is 17.7 Å². The first-order chi connectivity index (χ1) is 6.77. The van der Waals surface area contributed by atoms with E-state index in [9.17, 15) is 0 Å². The van der Waals surface area contributed by atoms with Crippen LogP contribution >= 0.6 is 11.6 Å². The summed E-state index contributed by atoms with van der Waals surface area (Å²) in [6.45, 7) is 1.97. The summed E-state index contributed by atoms with van der Waals surface area (Å²) in [5, 5.41) is 3.95. The molecule has 72 valence electrons. The summed E-state index contributed by atoms with van der Waals surface area (Å²) in [4.78, 5) is 6.89. The van der Waals surface area contributed by atoms with Crippen molar-refractivity contribution < 1.29 is 0 Å². The van der Waals surface area contributed by atoms with Gasteiger partial charge < -0.3 is 10.3 Å². The lowest BCUT2D eigenvalue weighted by atomic mass is 10.2. The van der Waals surface area contributed by atoms with E-state index < -0.39 is 0 Å². The average Bonchev–Trinajstić information content (AvgIpc) is 2.66. The van der Waals surface area contributed by atoms with Crippen LogP contribution in [0.3, 0.4) is 0 Å². The number of hydrogen-bond acceptors (Lipinski definition) is 2. The van der Waals surface area contributed by atoms with Crippen molar-refractivity contribution in [3.8, 4) is 0 Å². The predicted octanol–water partition coefficient (Wildman–Crippen LogP) is 3.12. The second-order valence-electron chi connectivity index (χ2n) is 3.00. The number of H-pyrrole nitrogens is 1. The maximum absolute atomic E-state index is 5.99. The summed E-state index contributed by atoms with van der Waals surface area (Å²) in [6.07, 6.45) is 3.35. The fourth-order valence-electron chi connectivity index (χ4n) is 1.21. The first-order valence-electron chi connectivity index (χ1n) is 4.28. The summed E-state index contributed by atoms with van der Waals surface area (Å²) < 4.78 is 0. The third-order valence-electron chi connectivity index (χ3n) is 2.04. The Kier molecular flexibility index (Phi) is 2.41. The smallest absolute Gasteiger partial charge is 0.127 e. The molecule has 2 rings (SSSR count). The van der Waals surface area contributed by atoms with Crippen LogP contribution in [0, 0.1) is 6.92 Å². The van der Waals surface area contributed by atoms with E-state index in [1.165, 1.54) is 0 Å². The van der Waals surface area contributed by atoms with E-state index in [4.69, 9.17) is 11.6 Å². The number of halogens is 1. The molecule has 0 fully saturated rings. The van der Waals surface area contributed by atoms with Crippen molar-refractivity contribution in [1.82, 2.24) is 9.97 Å². The minimum Gasteiger partial charge on any atom is -0.340 e. The molecule has 0 atom stereocenters. The number of nitrogens with one attached hydrogen (secondary N) is 2. The molecule has 0 saturated heterocycles. The molecule has 0 radical (unpaired) electrons. The zero-order chi connectivity index (χ0) is 9.97. The molecule has 0 aliphatic carbocycles. The van der Waals surface area contributed by atoms with E-state index in [0.29, 0.717) is 0 Å². The van der Waals surface area contributed by atoms with Crippen LogP contribution in [0.4, 0.5) is 11.5 Å². The first-order valence-corrected chi connectivity index (χ1v) is 4.65. The number of nitrogens with zero attached hydrogens (tertiary/aromatic N) is 1. The highest BCUT2D eigenvalue weighted by atomic mass is 35.5. The highest BCUT2D eigenvalue weighted by molar-refractivity contribution is 6.31. The molecule has 0 aliphatic rings. The van der Waals surface area contributed by atoms with Crippen LogP contribution in [-0.2, 0) is 0 Å². The maximum atomic E-state index is 5.99. The molecule has 0 unspecified atom stereocenters. The van der Waals surface area contributed by atoms with Crippen LogP contribution in [-0.4, -0.2) is 9.97 Å². The Bertz CT molecular complexity index is 423. The van der Waals surface area contributed by atoms with Gasteiger partial charge >= 0.3 is 0 Å². The molecule has 0 spiro atoms. The van der Waals surface area contributed by atoms with E-state index in [1.54, 1.807) is 12.5 Å². The van der Waals surface area contributed by atoms with E-state index in [0.717, 1.165) is 22.1 Å². The van der Waals surface area contributed by atoms with Gasteiger partial charge in [-0.15, -0.1) is 0 Å². The van der Waals surface area contributed by atoms with Gasteiger partial charge in [0.15, 0.2) is 0 Å². The number of rotatable bonds is 2. The maximum Gasteiger partial charge on any atom is 0.127 e. The lowest BCUT2D eigenvalue weighted by Gasteiger charge is -2.07. The van der Waals surface area contributed by atoms with Gasteiger partial charge in [0.05, 0.1) is 12.5 Å². The lowest BCUT2D eigenvalue weighted by molar-refractivity contribution is 1.31. The first kappa shape index (κ1) is 9.09. The Morgan fingerprint density at radius 2 is 2.29 bits per heavy atom. The van der Waals surface area contributed by atoms with Gasteiger partial charge in [0.25, 0.3) is 0 Å². The van der Waals surface area contributed by atoms with Gasteiger partial charge in [-0.3, -0.25) is 0 Å². The highest BCUT2D eigenvalue weighted by Gasteiger charge is 2.02. The molecule has 0 saturated carbocycles. The quantitative estimate of drug-likeness (QED) is 0.795. The fraction of sp³-hybridized carbons (Fsp3) is 0.100. The Labute approximate surface area is 87.1 Å². The molecule has 2 N–H and O–H groups in total. The summed E-state index contributed by atoms with van der Waals surface area (Å²) in [6, 6.07) is 5.76. The zero-order valence-corrected chi connectivity index (χ0v) is 8.47. The Morgan fingerprint density at radius 3 is 3.00 bits per heavy atom. The minimum absolute atomic E-state index is 0.759. The van der Waals surface area contributed by atoms with Crippen LogP contribution < -0.4 is 5.32 Å². The molecule has 0 bridgehead atoms. The van der Waals surface area contributed by atoms with Crippen molar-refractivity contribution in [1.29, 1.82) is 0 Å². The SMILES string of the molecule is Cc1c(Cl)cccc1Nc1cnc[nH]1. The van der Waals surface area contributed by atoms with Gasteiger partial charge in [-0.2, -0.15) is 0 Å². The van der Waals surface area contributed by atoms with Crippen LogP contribution in [0.5, 0.6) is 0 Å². The fourth-order valence-corrected chi connectivity index (χ4v) is 1.39. The van der Waals surface area contributed by atoms with Gasteiger partial charge in [0.1, 0.15) is 5.82 Å². The van der Waals surface area contributed by atoms with Crippen molar-refractivity contribution in [2.45, 2.75) is 6.92 Å². The van der Waals surface area contributed by atoms with Gasteiger partial charge in [0.2, 0.25) is 0 Å². The van der Waals surface area contributed by atoms with Crippen LogP contribution in [0.15, 0.2) is 30.7 Å². The van der Waals surface area contributed by atoms with Gasteiger partial charge in [0, 0.05) is 10.7 Å². The van der Waals surface area contributed by atoms with Crippen molar-refractivity contribution in [3.63, 3.8) is 0 Å². The summed E-state index contributed by atoms with van der Waals surface area (Å²) in [7, 11) is 0. The van der Waals surface area contributed by atoms with E-state index >= 15 is 0 Å². The second-order valence-corrected chi connectivity index (χ2v) is 3.41. The predicted molar refractivity (Wildman–Crippen MR) is 58.1 cm³/mol. The number of anilines is 2. The number of hydrogen-bond donors (Lipinski definition) is 2. The molecule has 14 heavy (non-hydrogen) atoms. The van der Waals surface area contributed by atoms with Gasteiger partial charge in [-0.25, -0.2) is 4.98 Å². The number of aromatic nitrogens is 2. The molecular weight excluding hydrogens is 198 g/mol. The van der Waals surface area contributed by atoms with Crippen molar-refractivity contribution in [2.75, 3.05) is 5.32 Å². The monoisotopic (exact) mass is 207 g/mol. The molecule has 3 nitrogen and oxygen atoms in total. The molecule has 1 heterocycles. The summed E-state index contributed by atoms with van der Waals surface area (Å²) in [5.41, 5.74) is 2.02. The summed E-state index contributed by atoms with van der Waals surface area (Å²) in [5.74, 6) is 0.857. The standard InChI is InChI=1S/C10H10ClN3/c1-7-8(11)3-2-4-9(7)14-10-5-12-6-13-10/h2-6,14H,1H3,(H,12,13). The largest absolute Gasteiger partial charge is 0.340 e. The molecule has 1 aromatic heterocycles. The zero-order valence-electron chi connectivity index (χ0n) is 7.71. The van der Waals surface area contributed by atoms with E-state index in [-0.39, 0.29) is 0 Å². The van der Waals surface area contributed by atoms with Crippen molar-refractivity contribution in [3.05, 3.63) is 41.3 Å². The van der Waals surface area contributed by atoms with Gasteiger partial charge in [-0.05, 0) is 24.6 Å². The number of imidazole rings is 1. The third-order valence-corrected chi connectivity index (χ3v) is 2.44. The van der Waals surface area contributed by atoms with Crippen LogP contribution in [0.25, 0.3) is 0 Å². The summed E-state index contributed by atoms with van der Waals surface area (Å²) >= 11 is 5.99. The van der Waals surface area contributed by atoms with Crippen LogP contribution in [0.2, 0.25) is 5.02 Å². The minimum atomic E-state index is 0.759. The third kappa shape index (κ3) is 1.72. The van der Waals surface area contributed by atoms with E-state index in [1.807, 2.05) is 25.1 Å². The molecular formula is C10H10ClN3. The molecule has 1 aromatic carbocycles. The number of benzene rings is 1. The average molecular weight is 208 g/mol. The van der Waals surface area contributed by atoms with Crippen LogP contribution in [0.1, 0.15) is 5.56 Å². The lowest BCUT2D eigenvalue weighted by Crippen LogP contribution is -1.93. The molecule has 0 aliphatic heterocycles. The Morgan fingerprint density at radius 1 is 1.43 bits per heavy atom. The second kappa shape index (κ2) is 3.72. The van der Waals surface area contributed by atoms with Crippen molar-refractivity contribution >= 4 is 23.1 Å². The topological polar surface area (TPSA) is 40.7 Å². The highest BCUT2D eigenvalue weighted by Crippen LogP contribution is 2.24. The molecule has 2 aromatic rings. The Hall–Kier alpha value is -1.48. The Balaban J connectivity index is 2.29. The molecule has 0 amide bonds. The van der Waals surface area contributed by atoms with Crippen molar-refractivity contribution in [2.24, 2.45) is 0 Å². The molecule has 4 heteroatoms. The normalized spacial score (nSPS) is 10.1.